The molecule has 0 fully saturated rings. The molecule has 1 aromatic heterocycles. The fraction of sp³-hybridized carbons (Fsp3) is 0.250. The predicted molar refractivity (Wildman–Crippen MR) is 54.6 cm³/mol. The second-order valence-corrected chi connectivity index (χ2v) is 4.72. The van der Waals surface area contributed by atoms with E-state index < -0.39 is 0 Å². The molecule has 0 bridgehead atoms. The lowest BCUT2D eigenvalue weighted by atomic mass is 10.3. The molecule has 0 unspecified atom stereocenters. The lowest BCUT2D eigenvalue weighted by Gasteiger charge is -1.91. The molecule has 0 atom stereocenters. The molecule has 0 aliphatic carbocycles. The van der Waals surface area contributed by atoms with Crippen LogP contribution in [-0.4, -0.2) is 5.75 Å². The maximum absolute atomic E-state index is 8.79. The topological polar surface area (TPSA) is 73.6 Å². The Labute approximate surface area is 84.8 Å². The van der Waals surface area contributed by atoms with E-state index in [1.807, 2.05) is 19.1 Å². The SMILES string of the molecule is CCSc1sc(C#N)c(N)c1C#N. The number of thiophene rings is 1. The molecule has 0 aliphatic heterocycles. The van der Waals surface area contributed by atoms with Crippen molar-refractivity contribution in [2.75, 3.05) is 11.5 Å². The molecular formula is C8H7N3S2. The number of nitrogen functional groups attached to an aromatic ring is 1. The molecule has 0 saturated heterocycles. The van der Waals surface area contributed by atoms with Crippen LogP contribution in [0.15, 0.2) is 4.21 Å². The van der Waals surface area contributed by atoms with Crippen LogP contribution in [0.2, 0.25) is 0 Å². The molecule has 0 aliphatic rings. The maximum atomic E-state index is 8.79. The van der Waals surface area contributed by atoms with E-state index in [2.05, 4.69) is 0 Å². The minimum atomic E-state index is 0.325. The Kier molecular flexibility index (Phi) is 3.18. The van der Waals surface area contributed by atoms with Crippen molar-refractivity contribution in [1.82, 2.24) is 0 Å². The number of anilines is 1. The Hall–Kier alpha value is -1.17. The molecule has 1 aromatic rings. The highest BCUT2D eigenvalue weighted by molar-refractivity contribution is 8.01. The van der Waals surface area contributed by atoms with E-state index in [4.69, 9.17) is 16.3 Å². The highest BCUT2D eigenvalue weighted by Crippen LogP contribution is 2.36. The molecule has 66 valence electrons. The van der Waals surface area contributed by atoms with E-state index >= 15 is 0 Å². The van der Waals surface area contributed by atoms with Crippen LogP contribution in [0, 0.1) is 22.7 Å². The van der Waals surface area contributed by atoms with Gasteiger partial charge in [0.25, 0.3) is 0 Å². The lowest BCUT2D eigenvalue weighted by Crippen LogP contribution is -1.88. The van der Waals surface area contributed by atoms with Crippen LogP contribution in [-0.2, 0) is 0 Å². The molecule has 0 spiro atoms. The van der Waals surface area contributed by atoms with Crippen molar-refractivity contribution in [3.05, 3.63) is 10.4 Å². The van der Waals surface area contributed by atoms with Crippen molar-refractivity contribution in [3.63, 3.8) is 0 Å². The number of nitrogens with zero attached hydrogens (tertiary/aromatic N) is 2. The van der Waals surface area contributed by atoms with Gasteiger partial charge in [0.15, 0.2) is 0 Å². The number of hydrogen-bond acceptors (Lipinski definition) is 5. The van der Waals surface area contributed by atoms with Gasteiger partial charge in [-0.25, -0.2) is 0 Å². The summed E-state index contributed by atoms with van der Waals surface area (Å²) in [5.41, 5.74) is 6.38. The summed E-state index contributed by atoms with van der Waals surface area (Å²) in [6, 6.07) is 3.99. The van der Waals surface area contributed by atoms with Gasteiger partial charge >= 0.3 is 0 Å². The molecule has 0 radical (unpaired) electrons. The van der Waals surface area contributed by atoms with Gasteiger partial charge in [-0.2, -0.15) is 10.5 Å². The molecule has 0 saturated carbocycles. The molecule has 13 heavy (non-hydrogen) atoms. The second-order valence-electron chi connectivity index (χ2n) is 2.16. The summed E-state index contributed by atoms with van der Waals surface area (Å²) in [6.07, 6.45) is 0. The van der Waals surface area contributed by atoms with Gasteiger partial charge in [-0.1, -0.05) is 6.92 Å². The van der Waals surface area contributed by atoms with E-state index in [0.29, 0.717) is 16.1 Å². The van der Waals surface area contributed by atoms with Gasteiger partial charge < -0.3 is 5.73 Å². The average Bonchev–Trinajstić information content (AvgIpc) is 2.43. The third kappa shape index (κ3) is 1.77. The molecule has 1 heterocycles. The minimum absolute atomic E-state index is 0.325. The van der Waals surface area contributed by atoms with Crippen molar-refractivity contribution in [3.8, 4) is 12.1 Å². The summed E-state index contributed by atoms with van der Waals surface area (Å²) in [4.78, 5) is 0.438. The van der Waals surface area contributed by atoms with Crippen LogP contribution in [0.1, 0.15) is 17.4 Å². The van der Waals surface area contributed by atoms with E-state index in [-0.39, 0.29) is 0 Å². The molecule has 3 nitrogen and oxygen atoms in total. The minimum Gasteiger partial charge on any atom is -0.396 e. The smallest absolute Gasteiger partial charge is 0.130 e. The average molecular weight is 209 g/mol. The van der Waals surface area contributed by atoms with Crippen molar-refractivity contribution in [1.29, 1.82) is 10.5 Å². The Morgan fingerprint density at radius 1 is 1.46 bits per heavy atom. The van der Waals surface area contributed by atoms with Gasteiger partial charge in [-0.15, -0.1) is 23.1 Å². The summed E-state index contributed by atoms with van der Waals surface area (Å²) >= 11 is 2.83. The Balaban J connectivity index is 3.23. The van der Waals surface area contributed by atoms with Crippen LogP contribution in [0.25, 0.3) is 0 Å². The number of rotatable bonds is 2. The second kappa shape index (κ2) is 4.18. The third-order valence-corrected chi connectivity index (χ3v) is 3.67. The van der Waals surface area contributed by atoms with Gasteiger partial charge in [0.05, 0.1) is 9.90 Å². The first-order valence-electron chi connectivity index (χ1n) is 3.59. The standard InChI is InChI=1S/C8H7N3S2/c1-2-12-8-5(3-9)7(11)6(4-10)13-8/h2,11H2,1H3. The van der Waals surface area contributed by atoms with Gasteiger partial charge in [-0.3, -0.25) is 0 Å². The number of thioether (sulfide) groups is 1. The molecule has 0 amide bonds. The highest BCUT2D eigenvalue weighted by Gasteiger charge is 2.14. The zero-order valence-electron chi connectivity index (χ0n) is 7.00. The fourth-order valence-corrected chi connectivity index (χ4v) is 2.95. The molecule has 2 N–H and O–H groups in total. The highest BCUT2D eigenvalue weighted by atomic mass is 32.2. The number of hydrogen-bond donors (Lipinski definition) is 1. The monoisotopic (exact) mass is 209 g/mol. The van der Waals surface area contributed by atoms with Gasteiger partial charge in [0.2, 0.25) is 0 Å². The van der Waals surface area contributed by atoms with Crippen LogP contribution in [0.4, 0.5) is 5.69 Å². The summed E-state index contributed by atoms with van der Waals surface area (Å²) < 4.78 is 0.846. The fourth-order valence-electron chi connectivity index (χ4n) is 0.844. The largest absolute Gasteiger partial charge is 0.396 e. The van der Waals surface area contributed by atoms with E-state index in [0.717, 1.165) is 9.96 Å². The molecule has 1 rings (SSSR count). The van der Waals surface area contributed by atoms with Crippen LogP contribution < -0.4 is 5.73 Å². The number of nitrogens with two attached hydrogens (primary N) is 1. The summed E-state index contributed by atoms with van der Waals surface area (Å²) in [5.74, 6) is 0.875. The van der Waals surface area contributed by atoms with Crippen LogP contribution in [0.5, 0.6) is 0 Å². The Bertz CT molecular complexity index is 395. The van der Waals surface area contributed by atoms with Gasteiger partial charge in [0, 0.05) is 0 Å². The van der Waals surface area contributed by atoms with Crippen molar-refractivity contribution in [2.45, 2.75) is 11.1 Å². The van der Waals surface area contributed by atoms with Gasteiger partial charge in [-0.05, 0) is 5.75 Å². The van der Waals surface area contributed by atoms with Gasteiger partial charge in [0.1, 0.15) is 22.6 Å². The third-order valence-electron chi connectivity index (χ3n) is 1.40. The van der Waals surface area contributed by atoms with Crippen LogP contribution >= 0.6 is 23.1 Å². The first-order valence-corrected chi connectivity index (χ1v) is 5.40. The zero-order chi connectivity index (χ0) is 9.84. The van der Waals surface area contributed by atoms with Crippen molar-refractivity contribution >= 4 is 28.8 Å². The van der Waals surface area contributed by atoms with Crippen LogP contribution in [0.3, 0.4) is 0 Å². The molecule has 5 heteroatoms. The summed E-state index contributed by atoms with van der Waals surface area (Å²) in [5, 5.41) is 17.5. The van der Waals surface area contributed by atoms with E-state index in [1.54, 1.807) is 11.8 Å². The summed E-state index contributed by atoms with van der Waals surface area (Å²) in [7, 11) is 0. The van der Waals surface area contributed by atoms with Crippen molar-refractivity contribution in [2.24, 2.45) is 0 Å². The zero-order valence-corrected chi connectivity index (χ0v) is 8.63. The van der Waals surface area contributed by atoms with E-state index in [9.17, 15) is 0 Å². The maximum Gasteiger partial charge on any atom is 0.130 e. The Morgan fingerprint density at radius 2 is 2.15 bits per heavy atom. The summed E-state index contributed by atoms with van der Waals surface area (Å²) in [6.45, 7) is 1.99. The normalized spacial score (nSPS) is 9.15. The van der Waals surface area contributed by atoms with E-state index in [1.165, 1.54) is 11.3 Å². The van der Waals surface area contributed by atoms with Crippen molar-refractivity contribution < 1.29 is 0 Å². The Morgan fingerprint density at radius 3 is 2.62 bits per heavy atom. The first kappa shape index (κ1) is 9.91. The lowest BCUT2D eigenvalue weighted by molar-refractivity contribution is 1.45. The number of nitriles is 2. The molecular weight excluding hydrogens is 202 g/mol. The predicted octanol–water partition coefficient (Wildman–Crippen LogP) is 2.19. The molecule has 0 aromatic carbocycles. The first-order chi connectivity index (χ1) is 6.24. The quantitative estimate of drug-likeness (QED) is 0.758.